The summed E-state index contributed by atoms with van der Waals surface area (Å²) in [4.78, 5) is 4.25. The van der Waals surface area contributed by atoms with Crippen LogP contribution < -0.4 is 10.6 Å². The second-order valence-corrected chi connectivity index (χ2v) is 7.03. The van der Waals surface area contributed by atoms with Gasteiger partial charge in [-0.15, -0.1) is 24.0 Å². The Morgan fingerprint density at radius 1 is 1.42 bits per heavy atom. The van der Waals surface area contributed by atoms with Crippen molar-refractivity contribution in [1.29, 1.82) is 0 Å². The molecule has 1 saturated heterocycles. The molecular weight excluding hydrogens is 488 g/mol. The van der Waals surface area contributed by atoms with E-state index >= 15 is 0 Å². The molecule has 0 aliphatic carbocycles. The van der Waals surface area contributed by atoms with Gasteiger partial charge in [-0.05, 0) is 37.5 Å². The van der Waals surface area contributed by atoms with Crippen molar-refractivity contribution in [2.75, 3.05) is 40.0 Å². The van der Waals surface area contributed by atoms with Gasteiger partial charge in [0.25, 0.3) is 0 Å². The maximum atomic E-state index is 6.26. The molecule has 2 rings (SSSR count). The van der Waals surface area contributed by atoms with Crippen LogP contribution in [0.4, 0.5) is 0 Å². The lowest BCUT2D eigenvalue weighted by Crippen LogP contribution is -2.39. The van der Waals surface area contributed by atoms with E-state index in [4.69, 9.17) is 32.7 Å². The molecule has 0 aromatic heterocycles. The predicted molar refractivity (Wildman–Crippen MR) is 119 cm³/mol. The van der Waals surface area contributed by atoms with Crippen LogP contribution in [0, 0.1) is 5.92 Å². The lowest BCUT2D eigenvalue weighted by Gasteiger charge is -2.19. The zero-order chi connectivity index (χ0) is 18.1. The van der Waals surface area contributed by atoms with Crippen molar-refractivity contribution in [3.8, 4) is 0 Å². The average molecular weight is 516 g/mol. The monoisotopic (exact) mass is 515 g/mol. The lowest BCUT2D eigenvalue weighted by molar-refractivity contribution is 0.0888. The number of benzene rings is 1. The van der Waals surface area contributed by atoms with Crippen LogP contribution in [-0.4, -0.2) is 46.0 Å². The van der Waals surface area contributed by atoms with Crippen molar-refractivity contribution < 1.29 is 9.47 Å². The number of guanidine groups is 1. The summed E-state index contributed by atoms with van der Waals surface area (Å²) in [5.74, 6) is 1.30. The van der Waals surface area contributed by atoms with Crippen LogP contribution in [0.1, 0.15) is 31.4 Å². The Hall–Kier alpha value is -0.280. The number of hydrogen-bond acceptors (Lipinski definition) is 3. The van der Waals surface area contributed by atoms with Gasteiger partial charge in [0, 0.05) is 42.8 Å². The molecule has 8 heteroatoms. The largest absolute Gasteiger partial charge is 0.381 e. The fourth-order valence-corrected chi connectivity index (χ4v) is 3.25. The molecule has 0 spiro atoms. The van der Waals surface area contributed by atoms with Gasteiger partial charge in [0.05, 0.1) is 19.3 Å². The molecule has 1 aromatic rings. The molecule has 5 nitrogen and oxygen atoms in total. The maximum Gasteiger partial charge on any atom is 0.191 e. The molecule has 0 amide bonds. The van der Waals surface area contributed by atoms with Crippen molar-refractivity contribution >= 4 is 53.1 Å². The Bertz CT molecular complexity index is 569. The molecule has 0 radical (unpaired) electrons. The van der Waals surface area contributed by atoms with Gasteiger partial charge >= 0.3 is 0 Å². The summed E-state index contributed by atoms with van der Waals surface area (Å²) in [5.41, 5.74) is 0.983. The third-order valence-electron chi connectivity index (χ3n) is 4.14. The molecule has 1 aromatic carbocycles. The molecule has 0 bridgehead atoms. The number of hydrogen-bond donors (Lipinski definition) is 2. The zero-order valence-electron chi connectivity index (χ0n) is 15.3. The van der Waals surface area contributed by atoms with Crippen LogP contribution in [-0.2, 0) is 9.47 Å². The quantitative estimate of drug-likeness (QED) is 0.235. The fourth-order valence-electron chi connectivity index (χ4n) is 2.68. The number of aliphatic imine (C=N–C) groups is 1. The Kier molecular flexibility index (Phi) is 11.9. The normalized spacial score (nSPS) is 18.3. The second kappa shape index (κ2) is 13.0. The number of nitrogens with one attached hydrogen (secondary N) is 2. The van der Waals surface area contributed by atoms with E-state index in [1.807, 2.05) is 19.1 Å². The Balaban J connectivity index is 0.00000338. The van der Waals surface area contributed by atoms with Gasteiger partial charge in [0.1, 0.15) is 0 Å². The topological polar surface area (TPSA) is 54.9 Å². The van der Waals surface area contributed by atoms with E-state index in [9.17, 15) is 0 Å². The van der Waals surface area contributed by atoms with Crippen LogP contribution in [0.3, 0.4) is 0 Å². The minimum Gasteiger partial charge on any atom is -0.381 e. The maximum absolute atomic E-state index is 6.26. The van der Waals surface area contributed by atoms with Gasteiger partial charge < -0.3 is 20.1 Å². The third kappa shape index (κ3) is 8.17. The minimum atomic E-state index is 0. The Labute approximate surface area is 183 Å². The van der Waals surface area contributed by atoms with E-state index in [0.29, 0.717) is 16.0 Å². The third-order valence-corrected chi connectivity index (χ3v) is 4.70. The zero-order valence-corrected chi connectivity index (χ0v) is 19.1. The first-order valence-corrected chi connectivity index (χ1v) is 9.43. The predicted octanol–water partition coefficient (Wildman–Crippen LogP) is 4.28. The number of ether oxygens (including phenoxy) is 2. The van der Waals surface area contributed by atoms with E-state index in [0.717, 1.165) is 57.3 Å². The second-order valence-electron chi connectivity index (χ2n) is 6.19. The van der Waals surface area contributed by atoms with E-state index in [-0.39, 0.29) is 30.0 Å². The molecule has 1 heterocycles. The Morgan fingerprint density at radius 3 is 2.88 bits per heavy atom. The van der Waals surface area contributed by atoms with Crippen molar-refractivity contribution in [3.63, 3.8) is 0 Å². The minimum absolute atomic E-state index is 0. The van der Waals surface area contributed by atoms with Gasteiger partial charge in [-0.1, -0.05) is 29.3 Å². The first-order valence-electron chi connectivity index (χ1n) is 8.67. The molecule has 1 fully saturated rings. The molecule has 1 aliphatic rings. The van der Waals surface area contributed by atoms with Crippen molar-refractivity contribution in [2.24, 2.45) is 10.9 Å². The summed E-state index contributed by atoms with van der Waals surface area (Å²) < 4.78 is 11.0. The summed E-state index contributed by atoms with van der Waals surface area (Å²) in [6.07, 6.45) is 2.03. The van der Waals surface area contributed by atoms with Crippen molar-refractivity contribution in [2.45, 2.75) is 25.8 Å². The van der Waals surface area contributed by atoms with Crippen LogP contribution in [0.2, 0.25) is 10.0 Å². The van der Waals surface area contributed by atoms with E-state index in [1.165, 1.54) is 0 Å². The van der Waals surface area contributed by atoms with Crippen LogP contribution >= 0.6 is 47.2 Å². The summed E-state index contributed by atoms with van der Waals surface area (Å²) in [6.45, 7) is 6.06. The summed E-state index contributed by atoms with van der Waals surface area (Å²) >= 11 is 12.2. The molecule has 0 saturated carbocycles. The molecular formula is C18H28Cl2IN3O2. The smallest absolute Gasteiger partial charge is 0.191 e. The van der Waals surface area contributed by atoms with Gasteiger partial charge in [-0.2, -0.15) is 0 Å². The van der Waals surface area contributed by atoms with Crippen molar-refractivity contribution in [1.82, 2.24) is 10.6 Å². The molecule has 2 unspecified atom stereocenters. The summed E-state index contributed by atoms with van der Waals surface area (Å²) in [6, 6.07) is 5.54. The highest BCUT2D eigenvalue weighted by Crippen LogP contribution is 2.25. The molecule has 1 aliphatic heterocycles. The number of halogens is 3. The van der Waals surface area contributed by atoms with E-state index < -0.39 is 0 Å². The van der Waals surface area contributed by atoms with Crippen LogP contribution in [0.15, 0.2) is 23.2 Å². The highest BCUT2D eigenvalue weighted by molar-refractivity contribution is 14.0. The summed E-state index contributed by atoms with van der Waals surface area (Å²) in [5, 5.41) is 7.90. The highest BCUT2D eigenvalue weighted by atomic mass is 127. The van der Waals surface area contributed by atoms with Crippen LogP contribution in [0.5, 0.6) is 0 Å². The van der Waals surface area contributed by atoms with Gasteiger partial charge in [0.2, 0.25) is 0 Å². The highest BCUT2D eigenvalue weighted by Gasteiger charge is 2.15. The molecule has 148 valence electrons. The van der Waals surface area contributed by atoms with Crippen LogP contribution in [0.25, 0.3) is 0 Å². The Morgan fingerprint density at radius 2 is 2.23 bits per heavy atom. The first-order chi connectivity index (χ1) is 12.1. The van der Waals surface area contributed by atoms with Gasteiger partial charge in [0.15, 0.2) is 5.96 Å². The standard InChI is InChI=1S/C18H27Cl2N3O2.HI/c1-13(16-5-4-15(19)10-17(16)20)23-18(21-2)22-7-3-8-24-11-14-6-9-25-12-14;/h4-5,10,13-14H,3,6-9,11-12H2,1-2H3,(H2,21,22,23);1H. The van der Waals surface area contributed by atoms with Gasteiger partial charge in [-0.25, -0.2) is 0 Å². The van der Waals surface area contributed by atoms with E-state index in [2.05, 4.69) is 15.6 Å². The number of nitrogens with zero attached hydrogens (tertiary/aromatic N) is 1. The lowest BCUT2D eigenvalue weighted by atomic mass is 10.1. The molecule has 26 heavy (non-hydrogen) atoms. The average Bonchev–Trinajstić information content (AvgIpc) is 3.10. The number of rotatable bonds is 8. The first kappa shape index (κ1) is 23.8. The fraction of sp³-hybridized carbons (Fsp3) is 0.611. The molecule has 2 atom stereocenters. The SMILES string of the molecule is CN=C(NCCCOCC1CCOC1)NC(C)c1ccc(Cl)cc1Cl.I. The summed E-state index contributed by atoms with van der Waals surface area (Å²) in [7, 11) is 1.75. The van der Waals surface area contributed by atoms with Crippen molar-refractivity contribution in [3.05, 3.63) is 33.8 Å². The van der Waals surface area contributed by atoms with E-state index in [1.54, 1.807) is 13.1 Å². The molecule has 2 N–H and O–H groups in total. The van der Waals surface area contributed by atoms with Gasteiger partial charge in [-0.3, -0.25) is 4.99 Å².